The minimum atomic E-state index is -0.990. The van der Waals surface area contributed by atoms with E-state index in [1.807, 2.05) is 6.92 Å². The smallest absolute Gasteiger partial charge is 0.354 e. The first-order valence-electron chi connectivity index (χ1n) is 4.50. The van der Waals surface area contributed by atoms with Gasteiger partial charge in [-0.05, 0) is 18.6 Å². The van der Waals surface area contributed by atoms with Crippen molar-refractivity contribution in [1.82, 2.24) is 4.98 Å². The van der Waals surface area contributed by atoms with Gasteiger partial charge >= 0.3 is 5.97 Å². The molecule has 3 N–H and O–H groups in total. The molecule has 5 heteroatoms. The summed E-state index contributed by atoms with van der Waals surface area (Å²) >= 11 is 0. The third-order valence-corrected chi connectivity index (χ3v) is 1.38. The number of nitrogens with two attached hydrogens (primary N) is 1. The van der Waals surface area contributed by atoms with Crippen LogP contribution in [0.1, 0.15) is 30.3 Å². The summed E-state index contributed by atoms with van der Waals surface area (Å²) in [5.41, 5.74) is 4.85. The number of carbonyl (C=O) groups is 2. The van der Waals surface area contributed by atoms with E-state index < -0.39 is 5.97 Å². The van der Waals surface area contributed by atoms with Crippen LogP contribution < -0.4 is 5.73 Å². The molecule has 0 atom stereocenters. The van der Waals surface area contributed by atoms with Gasteiger partial charge in [0.05, 0.1) is 0 Å². The number of aromatic nitrogens is 1. The van der Waals surface area contributed by atoms with E-state index in [2.05, 4.69) is 4.98 Å². The summed E-state index contributed by atoms with van der Waals surface area (Å²) in [5.74, 6) is -1.20. The molecule has 1 heterocycles. The van der Waals surface area contributed by atoms with Crippen LogP contribution >= 0.6 is 0 Å². The lowest BCUT2D eigenvalue weighted by Gasteiger charge is -1.87. The van der Waals surface area contributed by atoms with Crippen molar-refractivity contribution in [3.8, 4) is 0 Å². The molecule has 1 aromatic heterocycles. The third-order valence-electron chi connectivity index (χ3n) is 1.38. The SMILES string of the molecule is CCCC(N)=O.O=C(O)c1ccccn1. The van der Waals surface area contributed by atoms with Gasteiger partial charge in [-0.3, -0.25) is 4.79 Å². The van der Waals surface area contributed by atoms with Gasteiger partial charge in [-0.25, -0.2) is 9.78 Å². The molecule has 0 aliphatic rings. The van der Waals surface area contributed by atoms with E-state index in [0.717, 1.165) is 6.42 Å². The molecule has 0 aliphatic heterocycles. The molecule has 15 heavy (non-hydrogen) atoms. The molecule has 0 aliphatic carbocycles. The summed E-state index contributed by atoms with van der Waals surface area (Å²) in [5, 5.41) is 8.32. The van der Waals surface area contributed by atoms with Gasteiger partial charge in [-0.2, -0.15) is 0 Å². The molecule has 1 amide bonds. The molecule has 82 valence electrons. The van der Waals surface area contributed by atoms with Crippen molar-refractivity contribution in [2.24, 2.45) is 5.73 Å². The zero-order valence-electron chi connectivity index (χ0n) is 8.51. The quantitative estimate of drug-likeness (QED) is 0.779. The fourth-order valence-corrected chi connectivity index (χ4v) is 0.736. The summed E-state index contributed by atoms with van der Waals surface area (Å²) < 4.78 is 0. The van der Waals surface area contributed by atoms with Gasteiger partial charge in [0.2, 0.25) is 5.91 Å². The number of carboxylic acid groups (broad SMARTS) is 1. The van der Waals surface area contributed by atoms with Crippen LogP contribution in [0.25, 0.3) is 0 Å². The van der Waals surface area contributed by atoms with E-state index in [4.69, 9.17) is 10.8 Å². The molecular formula is C10H14N2O3. The van der Waals surface area contributed by atoms with Crippen LogP contribution in [0, 0.1) is 0 Å². The van der Waals surface area contributed by atoms with E-state index in [1.165, 1.54) is 12.3 Å². The maximum Gasteiger partial charge on any atom is 0.354 e. The Morgan fingerprint density at radius 1 is 1.47 bits per heavy atom. The molecule has 0 unspecified atom stereocenters. The predicted octanol–water partition coefficient (Wildman–Crippen LogP) is 1.05. The van der Waals surface area contributed by atoms with Crippen LogP contribution in [0.3, 0.4) is 0 Å². The number of amides is 1. The van der Waals surface area contributed by atoms with E-state index in [0.29, 0.717) is 6.42 Å². The molecule has 0 spiro atoms. The number of primary amides is 1. The summed E-state index contributed by atoms with van der Waals surface area (Å²) in [7, 11) is 0. The van der Waals surface area contributed by atoms with Crippen molar-refractivity contribution in [1.29, 1.82) is 0 Å². The number of aromatic carboxylic acids is 1. The van der Waals surface area contributed by atoms with Crippen LogP contribution in [-0.4, -0.2) is 22.0 Å². The van der Waals surface area contributed by atoms with E-state index in [1.54, 1.807) is 12.1 Å². The van der Waals surface area contributed by atoms with E-state index >= 15 is 0 Å². The minimum Gasteiger partial charge on any atom is -0.477 e. The first kappa shape index (κ1) is 13.1. The zero-order valence-corrected chi connectivity index (χ0v) is 8.51. The number of pyridine rings is 1. The first-order chi connectivity index (χ1) is 7.07. The summed E-state index contributed by atoms with van der Waals surface area (Å²) in [6.07, 6.45) is 2.82. The van der Waals surface area contributed by atoms with E-state index in [-0.39, 0.29) is 11.6 Å². The van der Waals surface area contributed by atoms with Gasteiger partial charge in [0.1, 0.15) is 5.69 Å². The van der Waals surface area contributed by atoms with Crippen molar-refractivity contribution >= 4 is 11.9 Å². The molecule has 1 rings (SSSR count). The Hall–Kier alpha value is -1.91. The molecule has 0 saturated heterocycles. The molecule has 0 aromatic carbocycles. The zero-order chi connectivity index (χ0) is 11.7. The van der Waals surface area contributed by atoms with Crippen LogP contribution in [0.15, 0.2) is 24.4 Å². The summed E-state index contributed by atoms with van der Waals surface area (Å²) in [6.45, 7) is 1.92. The molecule has 0 fully saturated rings. The second kappa shape index (κ2) is 7.49. The van der Waals surface area contributed by atoms with Gasteiger partial charge in [0, 0.05) is 12.6 Å². The third kappa shape index (κ3) is 7.18. The van der Waals surface area contributed by atoms with Crippen LogP contribution in [0.4, 0.5) is 0 Å². The van der Waals surface area contributed by atoms with Crippen molar-refractivity contribution < 1.29 is 14.7 Å². The normalized spacial score (nSPS) is 8.60. The fraction of sp³-hybridized carbons (Fsp3) is 0.300. The fourth-order valence-electron chi connectivity index (χ4n) is 0.736. The number of carboxylic acids is 1. The second-order valence-corrected chi connectivity index (χ2v) is 2.74. The number of carbonyl (C=O) groups excluding carboxylic acids is 1. The van der Waals surface area contributed by atoms with Crippen molar-refractivity contribution in [2.75, 3.05) is 0 Å². The second-order valence-electron chi connectivity index (χ2n) is 2.74. The van der Waals surface area contributed by atoms with Gasteiger partial charge in [-0.15, -0.1) is 0 Å². The topological polar surface area (TPSA) is 93.3 Å². The number of hydrogen-bond donors (Lipinski definition) is 2. The average molecular weight is 210 g/mol. The number of nitrogens with zero attached hydrogens (tertiary/aromatic N) is 1. The maximum absolute atomic E-state index is 10.1. The Bertz CT molecular complexity index is 312. The maximum atomic E-state index is 10.1. The van der Waals surface area contributed by atoms with Gasteiger partial charge < -0.3 is 10.8 Å². The molecule has 0 bridgehead atoms. The lowest BCUT2D eigenvalue weighted by atomic mass is 10.3. The van der Waals surface area contributed by atoms with Crippen molar-refractivity contribution in [3.05, 3.63) is 30.1 Å². The monoisotopic (exact) mass is 210 g/mol. The Kier molecular flexibility index (Phi) is 6.54. The Morgan fingerprint density at radius 3 is 2.33 bits per heavy atom. The number of hydrogen-bond acceptors (Lipinski definition) is 3. The highest BCUT2D eigenvalue weighted by Crippen LogP contribution is 1.90. The highest BCUT2D eigenvalue weighted by atomic mass is 16.4. The molecule has 1 aromatic rings. The highest BCUT2D eigenvalue weighted by Gasteiger charge is 1.98. The summed E-state index contributed by atoms with van der Waals surface area (Å²) in [6, 6.07) is 4.76. The lowest BCUT2D eigenvalue weighted by Crippen LogP contribution is -2.08. The summed E-state index contributed by atoms with van der Waals surface area (Å²) in [4.78, 5) is 23.5. The Balaban J connectivity index is 0.000000288. The molecule has 0 radical (unpaired) electrons. The van der Waals surface area contributed by atoms with Crippen LogP contribution in [-0.2, 0) is 4.79 Å². The Morgan fingerprint density at radius 2 is 2.13 bits per heavy atom. The van der Waals surface area contributed by atoms with Crippen molar-refractivity contribution in [2.45, 2.75) is 19.8 Å². The predicted molar refractivity (Wildman–Crippen MR) is 55.3 cm³/mol. The van der Waals surface area contributed by atoms with Crippen LogP contribution in [0.5, 0.6) is 0 Å². The standard InChI is InChI=1S/C6H5NO2.C4H9NO/c8-6(9)5-3-1-2-4-7-5;1-2-3-4(5)6/h1-4H,(H,8,9);2-3H2,1H3,(H2,5,6). The molecule has 5 nitrogen and oxygen atoms in total. The first-order valence-corrected chi connectivity index (χ1v) is 4.50. The lowest BCUT2D eigenvalue weighted by molar-refractivity contribution is -0.118. The minimum absolute atomic E-state index is 0.0810. The average Bonchev–Trinajstić information content (AvgIpc) is 2.20. The van der Waals surface area contributed by atoms with Gasteiger partial charge in [0.15, 0.2) is 0 Å². The number of rotatable bonds is 3. The molecule has 0 saturated carbocycles. The van der Waals surface area contributed by atoms with Gasteiger partial charge in [0.25, 0.3) is 0 Å². The van der Waals surface area contributed by atoms with Crippen molar-refractivity contribution in [3.63, 3.8) is 0 Å². The Labute approximate surface area is 87.9 Å². The van der Waals surface area contributed by atoms with E-state index in [9.17, 15) is 9.59 Å². The van der Waals surface area contributed by atoms with Gasteiger partial charge in [-0.1, -0.05) is 13.0 Å². The molecular weight excluding hydrogens is 196 g/mol. The largest absolute Gasteiger partial charge is 0.477 e. The highest BCUT2D eigenvalue weighted by molar-refractivity contribution is 5.85. The van der Waals surface area contributed by atoms with Crippen LogP contribution in [0.2, 0.25) is 0 Å².